The molecule has 1 aromatic carbocycles. The molecule has 0 radical (unpaired) electrons. The summed E-state index contributed by atoms with van der Waals surface area (Å²) in [6.45, 7) is 4.45. The van der Waals surface area contributed by atoms with Gasteiger partial charge in [0.15, 0.2) is 5.58 Å². The first-order chi connectivity index (χ1) is 8.88. The molecule has 1 aliphatic heterocycles. The van der Waals surface area contributed by atoms with Gasteiger partial charge in [0.2, 0.25) is 5.89 Å². The fourth-order valence-corrected chi connectivity index (χ4v) is 2.33. The maximum atomic E-state index is 5.66. The van der Waals surface area contributed by atoms with Crippen molar-refractivity contribution in [2.24, 2.45) is 0 Å². The van der Waals surface area contributed by atoms with E-state index < -0.39 is 0 Å². The molecule has 0 unspecified atom stereocenters. The monoisotopic (exact) mass is 247 g/mol. The lowest BCUT2D eigenvalue weighted by atomic mass is 10.2. The number of hydrogen-bond acceptors (Lipinski definition) is 5. The molecule has 0 saturated carbocycles. The van der Waals surface area contributed by atoms with Gasteiger partial charge in [0, 0.05) is 33.3 Å². The number of oxazole rings is 1. The maximum absolute atomic E-state index is 5.66. The summed E-state index contributed by atoms with van der Waals surface area (Å²) in [4.78, 5) is 6.87. The quantitative estimate of drug-likeness (QED) is 0.888. The zero-order valence-electron chi connectivity index (χ0n) is 10.5. The van der Waals surface area contributed by atoms with Gasteiger partial charge in [-0.2, -0.15) is 0 Å². The number of benzene rings is 1. The lowest BCUT2D eigenvalue weighted by molar-refractivity contribution is 0.161. The molecule has 5 heteroatoms. The number of nitrogens with zero attached hydrogens (tertiary/aromatic N) is 2. The zero-order chi connectivity index (χ0) is 12.4. The molecule has 5 nitrogen and oxygen atoms in total. The Morgan fingerprint density at radius 2 is 2.22 bits per heavy atom. The number of hydrogen-bond donors (Lipinski definition) is 1. The lowest BCUT2D eigenvalue weighted by Crippen LogP contribution is -2.43. The van der Waals surface area contributed by atoms with Crippen LogP contribution < -0.4 is 10.2 Å². The molecule has 2 aromatic rings. The van der Waals surface area contributed by atoms with Gasteiger partial charge in [0.25, 0.3) is 0 Å². The summed E-state index contributed by atoms with van der Waals surface area (Å²) in [6.07, 6.45) is 0. The van der Waals surface area contributed by atoms with E-state index in [1.165, 1.54) is 0 Å². The Hall–Kier alpha value is -1.59. The molecule has 1 aromatic heterocycles. The maximum Gasteiger partial charge on any atom is 0.221 e. The van der Waals surface area contributed by atoms with Gasteiger partial charge in [0.1, 0.15) is 12.1 Å². The number of rotatable bonds is 3. The normalized spacial score (nSPS) is 16.4. The van der Waals surface area contributed by atoms with E-state index in [9.17, 15) is 0 Å². The van der Waals surface area contributed by atoms with Crippen molar-refractivity contribution in [3.8, 4) is 0 Å². The standard InChI is InChI=1S/C13H17N3O2/c1-17-9-12-15-13-10(3-2-4-11(13)18-12)16-7-5-14-6-8-16/h2-4,14H,5-9H2,1H3. The highest BCUT2D eigenvalue weighted by Gasteiger charge is 2.16. The van der Waals surface area contributed by atoms with Crippen LogP contribution in [0, 0.1) is 0 Å². The fraction of sp³-hybridized carbons (Fsp3) is 0.462. The molecule has 1 fully saturated rings. The van der Waals surface area contributed by atoms with Crippen molar-refractivity contribution in [1.29, 1.82) is 0 Å². The van der Waals surface area contributed by atoms with Gasteiger partial charge in [-0.05, 0) is 12.1 Å². The second-order valence-corrected chi connectivity index (χ2v) is 4.40. The van der Waals surface area contributed by atoms with Crippen molar-refractivity contribution in [2.75, 3.05) is 38.2 Å². The van der Waals surface area contributed by atoms with E-state index in [0.717, 1.165) is 43.0 Å². The van der Waals surface area contributed by atoms with Gasteiger partial charge in [0.05, 0.1) is 5.69 Å². The number of fused-ring (bicyclic) bond motifs is 1. The van der Waals surface area contributed by atoms with Gasteiger partial charge in [-0.15, -0.1) is 0 Å². The summed E-state index contributed by atoms with van der Waals surface area (Å²) in [7, 11) is 1.64. The number of ether oxygens (including phenoxy) is 1. The molecule has 0 atom stereocenters. The van der Waals surface area contributed by atoms with E-state index in [0.29, 0.717) is 12.5 Å². The SMILES string of the molecule is COCc1nc2c(N3CCNCC3)cccc2o1. The van der Waals surface area contributed by atoms with Gasteiger partial charge >= 0.3 is 0 Å². The molecule has 96 valence electrons. The van der Waals surface area contributed by atoms with Crippen LogP contribution >= 0.6 is 0 Å². The molecule has 1 aliphatic rings. The molecule has 0 spiro atoms. The van der Waals surface area contributed by atoms with E-state index in [2.05, 4.69) is 21.3 Å². The Morgan fingerprint density at radius 1 is 1.39 bits per heavy atom. The minimum atomic E-state index is 0.412. The lowest BCUT2D eigenvalue weighted by Gasteiger charge is -2.29. The van der Waals surface area contributed by atoms with Crippen molar-refractivity contribution in [3.05, 3.63) is 24.1 Å². The molecule has 18 heavy (non-hydrogen) atoms. The third-order valence-electron chi connectivity index (χ3n) is 3.17. The van der Waals surface area contributed by atoms with Crippen LogP contribution in [0.25, 0.3) is 11.1 Å². The predicted molar refractivity (Wildman–Crippen MR) is 69.8 cm³/mol. The van der Waals surface area contributed by atoms with Crippen molar-refractivity contribution in [1.82, 2.24) is 10.3 Å². The summed E-state index contributed by atoms with van der Waals surface area (Å²) >= 11 is 0. The average molecular weight is 247 g/mol. The first-order valence-corrected chi connectivity index (χ1v) is 6.21. The molecular formula is C13H17N3O2. The highest BCUT2D eigenvalue weighted by Crippen LogP contribution is 2.27. The van der Waals surface area contributed by atoms with Crippen molar-refractivity contribution >= 4 is 16.8 Å². The number of methoxy groups -OCH3 is 1. The molecule has 0 aliphatic carbocycles. The van der Waals surface area contributed by atoms with Crippen LogP contribution in [0.1, 0.15) is 5.89 Å². The molecule has 1 N–H and O–H groups in total. The number of aromatic nitrogens is 1. The summed E-state index contributed by atoms with van der Waals surface area (Å²) in [5.41, 5.74) is 2.92. The highest BCUT2D eigenvalue weighted by atomic mass is 16.5. The van der Waals surface area contributed by atoms with E-state index in [1.54, 1.807) is 7.11 Å². The number of para-hydroxylation sites is 1. The minimum absolute atomic E-state index is 0.412. The van der Waals surface area contributed by atoms with Crippen LogP contribution in [0.2, 0.25) is 0 Å². The van der Waals surface area contributed by atoms with Crippen LogP contribution in [-0.2, 0) is 11.3 Å². The largest absolute Gasteiger partial charge is 0.438 e. The van der Waals surface area contributed by atoms with E-state index >= 15 is 0 Å². The second kappa shape index (κ2) is 4.96. The van der Waals surface area contributed by atoms with Crippen molar-refractivity contribution in [3.63, 3.8) is 0 Å². The van der Waals surface area contributed by atoms with Gasteiger partial charge in [-0.25, -0.2) is 4.98 Å². The second-order valence-electron chi connectivity index (χ2n) is 4.40. The van der Waals surface area contributed by atoms with Gasteiger partial charge in [-0.1, -0.05) is 6.07 Å². The smallest absolute Gasteiger partial charge is 0.221 e. The predicted octanol–water partition coefficient (Wildman–Crippen LogP) is 1.38. The van der Waals surface area contributed by atoms with E-state index in [4.69, 9.17) is 9.15 Å². The molecular weight excluding hydrogens is 230 g/mol. The van der Waals surface area contributed by atoms with Crippen LogP contribution in [0.15, 0.2) is 22.6 Å². The van der Waals surface area contributed by atoms with Gasteiger partial charge < -0.3 is 19.4 Å². The van der Waals surface area contributed by atoms with Crippen LogP contribution in [0.3, 0.4) is 0 Å². The zero-order valence-corrected chi connectivity index (χ0v) is 10.5. The van der Waals surface area contributed by atoms with Crippen LogP contribution in [0.5, 0.6) is 0 Å². The third kappa shape index (κ3) is 2.07. The Morgan fingerprint density at radius 3 is 3.00 bits per heavy atom. The average Bonchev–Trinajstić information content (AvgIpc) is 2.82. The van der Waals surface area contributed by atoms with E-state index in [1.807, 2.05) is 12.1 Å². The first kappa shape index (κ1) is 11.5. The Labute approximate surface area is 106 Å². The highest BCUT2D eigenvalue weighted by molar-refractivity contribution is 5.87. The summed E-state index contributed by atoms with van der Waals surface area (Å²) in [6, 6.07) is 6.07. The fourth-order valence-electron chi connectivity index (χ4n) is 2.33. The van der Waals surface area contributed by atoms with Crippen molar-refractivity contribution < 1.29 is 9.15 Å². The number of nitrogens with one attached hydrogen (secondary N) is 1. The molecule has 1 saturated heterocycles. The topological polar surface area (TPSA) is 50.5 Å². The summed E-state index contributed by atoms with van der Waals surface area (Å²) in [5.74, 6) is 0.634. The Balaban J connectivity index is 1.99. The minimum Gasteiger partial charge on any atom is -0.438 e. The Kier molecular flexibility index (Phi) is 3.17. The van der Waals surface area contributed by atoms with Crippen LogP contribution in [0.4, 0.5) is 5.69 Å². The molecule has 0 bridgehead atoms. The number of piperazine rings is 1. The summed E-state index contributed by atoms with van der Waals surface area (Å²) in [5, 5.41) is 3.35. The van der Waals surface area contributed by atoms with Crippen LogP contribution in [-0.4, -0.2) is 38.3 Å². The first-order valence-electron chi connectivity index (χ1n) is 6.21. The molecule has 2 heterocycles. The van der Waals surface area contributed by atoms with Crippen molar-refractivity contribution in [2.45, 2.75) is 6.61 Å². The third-order valence-corrected chi connectivity index (χ3v) is 3.17. The number of anilines is 1. The molecule has 3 rings (SSSR count). The Bertz CT molecular complexity index is 532. The summed E-state index contributed by atoms with van der Waals surface area (Å²) < 4.78 is 10.7. The molecule has 0 amide bonds. The van der Waals surface area contributed by atoms with E-state index in [-0.39, 0.29) is 0 Å². The van der Waals surface area contributed by atoms with Gasteiger partial charge in [-0.3, -0.25) is 0 Å².